The van der Waals surface area contributed by atoms with Crippen molar-refractivity contribution in [1.29, 1.82) is 0 Å². The number of nitrogens with two attached hydrogens (primary N) is 1. The average molecular weight is 389 g/mol. The molecule has 1 aromatic heterocycles. The van der Waals surface area contributed by atoms with Crippen LogP contribution in [0.3, 0.4) is 0 Å². The first-order valence-electron chi connectivity index (χ1n) is 8.59. The molecule has 8 nitrogen and oxygen atoms in total. The zero-order valence-electron chi connectivity index (χ0n) is 15.8. The maximum atomic E-state index is 12.2. The minimum Gasteiger partial charge on any atom is -0.493 e. The summed E-state index contributed by atoms with van der Waals surface area (Å²) in [6, 6.07) is 5.00. The fourth-order valence-electron chi connectivity index (χ4n) is 3.04. The highest BCUT2D eigenvalue weighted by molar-refractivity contribution is 7.99. The van der Waals surface area contributed by atoms with Crippen LogP contribution in [0, 0.1) is 0 Å². The van der Waals surface area contributed by atoms with Crippen LogP contribution in [-0.4, -0.2) is 40.6 Å². The second-order valence-electron chi connectivity index (χ2n) is 6.06. The van der Waals surface area contributed by atoms with Gasteiger partial charge in [-0.05, 0) is 31.0 Å². The van der Waals surface area contributed by atoms with Crippen molar-refractivity contribution in [2.24, 2.45) is 5.73 Å². The smallest absolute Gasteiger partial charge is 0.248 e. The van der Waals surface area contributed by atoms with Crippen molar-refractivity contribution < 1.29 is 14.3 Å². The van der Waals surface area contributed by atoms with Crippen molar-refractivity contribution in [3.8, 4) is 11.5 Å². The molecule has 0 saturated heterocycles. The number of aromatic nitrogens is 3. The Bertz CT molecular complexity index is 893. The van der Waals surface area contributed by atoms with Gasteiger partial charge in [-0.25, -0.2) is 4.68 Å². The Morgan fingerprint density at radius 1 is 1.33 bits per heavy atom. The number of primary amides is 1. The Morgan fingerprint density at radius 2 is 2.07 bits per heavy atom. The standard InChI is InChI=1S/C18H23N5O3S/c1-5-8-27-18-21-17-20-10(2)14(16(19)24)15(23(17)22-18)11-6-7-12(25-3)13(9-11)26-4/h6-7,9,15H,5,8H2,1-4H3,(H2,19,24)(H,20,21,22). The molecule has 0 bridgehead atoms. The summed E-state index contributed by atoms with van der Waals surface area (Å²) >= 11 is 1.57. The van der Waals surface area contributed by atoms with E-state index in [1.54, 1.807) is 36.7 Å². The quantitative estimate of drug-likeness (QED) is 0.701. The van der Waals surface area contributed by atoms with E-state index >= 15 is 0 Å². The number of hydrogen-bond acceptors (Lipinski definition) is 7. The maximum Gasteiger partial charge on any atom is 0.248 e. The lowest BCUT2D eigenvalue weighted by Gasteiger charge is -2.28. The van der Waals surface area contributed by atoms with E-state index in [4.69, 9.17) is 15.2 Å². The van der Waals surface area contributed by atoms with Crippen molar-refractivity contribution in [2.75, 3.05) is 25.3 Å². The molecule has 9 heteroatoms. The van der Waals surface area contributed by atoms with Crippen LogP contribution in [0.2, 0.25) is 0 Å². The zero-order chi connectivity index (χ0) is 19.6. The summed E-state index contributed by atoms with van der Waals surface area (Å²) in [5.41, 5.74) is 7.60. The summed E-state index contributed by atoms with van der Waals surface area (Å²) in [6.07, 6.45) is 1.02. The van der Waals surface area contributed by atoms with Gasteiger partial charge >= 0.3 is 0 Å². The van der Waals surface area contributed by atoms with Gasteiger partial charge in [0.25, 0.3) is 0 Å². The van der Waals surface area contributed by atoms with Crippen molar-refractivity contribution in [3.05, 3.63) is 35.0 Å². The molecular formula is C18H23N5O3S. The number of anilines is 1. The number of rotatable bonds is 7. The number of benzene rings is 1. The predicted octanol–water partition coefficient (Wildman–Crippen LogP) is 2.57. The number of ether oxygens (including phenoxy) is 2. The SMILES string of the molecule is CCCSc1nc2n(n1)C(c1ccc(OC)c(OC)c1)C(C(N)=O)=C(C)N2. The summed E-state index contributed by atoms with van der Waals surface area (Å²) in [7, 11) is 3.15. The summed E-state index contributed by atoms with van der Waals surface area (Å²) < 4.78 is 12.4. The molecule has 2 heterocycles. The van der Waals surface area contributed by atoms with Gasteiger partial charge in [0, 0.05) is 11.4 Å². The number of fused-ring (bicyclic) bond motifs is 1. The Hall–Kier alpha value is -2.68. The molecule has 0 radical (unpaired) electrons. The van der Waals surface area contributed by atoms with Crippen molar-refractivity contribution in [1.82, 2.24) is 14.8 Å². The molecule has 1 aromatic carbocycles. The number of thioether (sulfide) groups is 1. The summed E-state index contributed by atoms with van der Waals surface area (Å²) in [5, 5.41) is 8.40. The first-order chi connectivity index (χ1) is 13.0. The van der Waals surface area contributed by atoms with Crippen LogP contribution >= 0.6 is 11.8 Å². The lowest BCUT2D eigenvalue weighted by Crippen LogP contribution is -2.31. The molecule has 1 aliphatic rings. The molecule has 0 aliphatic carbocycles. The van der Waals surface area contributed by atoms with Gasteiger partial charge in [0.15, 0.2) is 11.5 Å². The van der Waals surface area contributed by atoms with E-state index in [1.807, 2.05) is 19.1 Å². The molecule has 1 atom stereocenters. The molecule has 1 aliphatic heterocycles. The first kappa shape index (κ1) is 19.1. The van der Waals surface area contributed by atoms with Crippen LogP contribution in [0.5, 0.6) is 11.5 Å². The van der Waals surface area contributed by atoms with Gasteiger partial charge in [-0.3, -0.25) is 4.79 Å². The number of allylic oxidation sites excluding steroid dienone is 1. The fraction of sp³-hybridized carbons (Fsp3) is 0.389. The van der Waals surface area contributed by atoms with Gasteiger partial charge in [-0.15, -0.1) is 5.10 Å². The number of methoxy groups -OCH3 is 2. The fourth-order valence-corrected chi connectivity index (χ4v) is 3.72. The molecule has 3 N–H and O–H groups in total. The topological polar surface area (TPSA) is 104 Å². The van der Waals surface area contributed by atoms with Gasteiger partial charge in [0.05, 0.1) is 19.8 Å². The number of nitrogens with zero attached hydrogens (tertiary/aromatic N) is 3. The second-order valence-corrected chi connectivity index (χ2v) is 7.12. The van der Waals surface area contributed by atoms with Crippen molar-refractivity contribution in [2.45, 2.75) is 31.5 Å². The van der Waals surface area contributed by atoms with E-state index < -0.39 is 11.9 Å². The molecule has 1 unspecified atom stereocenters. The van der Waals surface area contributed by atoms with E-state index in [1.165, 1.54) is 0 Å². The zero-order valence-corrected chi connectivity index (χ0v) is 16.6. The van der Waals surface area contributed by atoms with Crippen molar-refractivity contribution >= 4 is 23.6 Å². The second kappa shape index (κ2) is 7.91. The Balaban J connectivity index is 2.13. The van der Waals surface area contributed by atoms with Crippen LogP contribution in [-0.2, 0) is 4.79 Å². The van der Waals surface area contributed by atoms with E-state index in [0.29, 0.717) is 33.9 Å². The van der Waals surface area contributed by atoms with E-state index in [-0.39, 0.29) is 0 Å². The van der Waals surface area contributed by atoms with Crippen LogP contribution in [0.1, 0.15) is 31.9 Å². The highest BCUT2D eigenvalue weighted by Gasteiger charge is 2.33. The van der Waals surface area contributed by atoms with Gasteiger partial charge in [0.1, 0.15) is 6.04 Å². The summed E-state index contributed by atoms with van der Waals surface area (Å²) in [5.74, 6) is 2.16. The minimum atomic E-state index is -0.510. The first-order valence-corrected chi connectivity index (χ1v) is 9.57. The van der Waals surface area contributed by atoms with E-state index in [2.05, 4.69) is 22.3 Å². The van der Waals surface area contributed by atoms with Gasteiger partial charge in [-0.2, -0.15) is 4.98 Å². The highest BCUT2D eigenvalue weighted by Crippen LogP contribution is 2.39. The Morgan fingerprint density at radius 3 is 2.70 bits per heavy atom. The number of carbonyl (C=O) groups is 1. The third-order valence-corrected chi connectivity index (χ3v) is 5.30. The monoisotopic (exact) mass is 389 g/mol. The van der Waals surface area contributed by atoms with Crippen LogP contribution < -0.4 is 20.5 Å². The summed E-state index contributed by atoms with van der Waals surface area (Å²) in [6.45, 7) is 3.91. The van der Waals surface area contributed by atoms with Crippen LogP contribution in [0.4, 0.5) is 5.95 Å². The van der Waals surface area contributed by atoms with Gasteiger partial charge in [0.2, 0.25) is 17.0 Å². The highest BCUT2D eigenvalue weighted by atomic mass is 32.2. The molecule has 144 valence electrons. The molecule has 0 saturated carbocycles. The lowest BCUT2D eigenvalue weighted by molar-refractivity contribution is -0.115. The lowest BCUT2D eigenvalue weighted by atomic mass is 9.95. The normalized spacial score (nSPS) is 15.9. The van der Waals surface area contributed by atoms with E-state index in [9.17, 15) is 4.79 Å². The maximum absolute atomic E-state index is 12.2. The van der Waals surface area contributed by atoms with Crippen molar-refractivity contribution in [3.63, 3.8) is 0 Å². The molecule has 0 fully saturated rings. The number of hydrogen-bond donors (Lipinski definition) is 2. The minimum absolute atomic E-state index is 0.437. The molecule has 1 amide bonds. The molecule has 2 aromatic rings. The number of carbonyl (C=O) groups excluding carboxylic acids is 1. The molecule has 0 spiro atoms. The molecular weight excluding hydrogens is 366 g/mol. The predicted molar refractivity (Wildman–Crippen MR) is 104 cm³/mol. The molecule has 3 rings (SSSR count). The van der Waals surface area contributed by atoms with Crippen LogP contribution in [0.25, 0.3) is 0 Å². The Kier molecular flexibility index (Phi) is 5.59. The molecule has 27 heavy (non-hydrogen) atoms. The van der Waals surface area contributed by atoms with Gasteiger partial charge < -0.3 is 20.5 Å². The van der Waals surface area contributed by atoms with Gasteiger partial charge in [-0.1, -0.05) is 24.8 Å². The van der Waals surface area contributed by atoms with E-state index in [0.717, 1.165) is 17.7 Å². The average Bonchev–Trinajstić information content (AvgIpc) is 3.06. The third-order valence-electron chi connectivity index (χ3n) is 4.26. The Labute approximate surface area is 162 Å². The number of amides is 1. The van der Waals surface area contributed by atoms with Crippen LogP contribution in [0.15, 0.2) is 34.6 Å². The number of nitrogens with one attached hydrogen (secondary N) is 1. The summed E-state index contributed by atoms with van der Waals surface area (Å²) in [4.78, 5) is 16.8. The largest absolute Gasteiger partial charge is 0.493 e. The third kappa shape index (κ3) is 3.59.